The number of carbonyl (C=O) groups is 1. The number of para-hydroxylation sites is 2. The van der Waals surface area contributed by atoms with Crippen molar-refractivity contribution < 1.29 is 4.79 Å². The van der Waals surface area contributed by atoms with Crippen LogP contribution in [0, 0.1) is 0 Å². The molecule has 5 aromatic rings. The van der Waals surface area contributed by atoms with Gasteiger partial charge in [-0.25, -0.2) is 4.98 Å². The Bertz CT molecular complexity index is 1390. The molecule has 6 nitrogen and oxygen atoms in total. The third kappa shape index (κ3) is 4.09. The van der Waals surface area contributed by atoms with Crippen LogP contribution in [-0.4, -0.2) is 25.2 Å². The van der Waals surface area contributed by atoms with Crippen LogP contribution in [-0.2, 0) is 24.4 Å². The van der Waals surface area contributed by atoms with Gasteiger partial charge in [-0.1, -0.05) is 60.1 Å². The Balaban J connectivity index is 1.29. The molecule has 0 aliphatic heterocycles. The zero-order chi connectivity index (χ0) is 21.9. The summed E-state index contributed by atoms with van der Waals surface area (Å²) < 4.78 is 3.97. The number of hydrogen-bond donors (Lipinski definition) is 1. The summed E-state index contributed by atoms with van der Waals surface area (Å²) in [5, 5.41) is 8.95. The fourth-order valence-corrected chi connectivity index (χ4v) is 4.14. The van der Waals surface area contributed by atoms with Crippen molar-refractivity contribution in [2.24, 2.45) is 0 Å². The van der Waals surface area contributed by atoms with Crippen molar-refractivity contribution in [3.05, 3.63) is 95.4 Å². The quantitative estimate of drug-likeness (QED) is 0.393. The van der Waals surface area contributed by atoms with Crippen LogP contribution in [0.3, 0.4) is 0 Å². The van der Waals surface area contributed by atoms with Gasteiger partial charge in [0.05, 0.1) is 40.9 Å². The van der Waals surface area contributed by atoms with Crippen molar-refractivity contribution in [1.82, 2.24) is 24.6 Å². The molecule has 0 radical (unpaired) electrons. The summed E-state index contributed by atoms with van der Waals surface area (Å²) in [7, 11) is 0. The van der Waals surface area contributed by atoms with Gasteiger partial charge in [0.2, 0.25) is 5.91 Å². The minimum atomic E-state index is -0.0472. The molecule has 2 aromatic heterocycles. The molecule has 5 rings (SSSR count). The number of carbonyl (C=O) groups excluding carboxylic acids is 1. The van der Waals surface area contributed by atoms with Gasteiger partial charge in [0, 0.05) is 18.4 Å². The molecule has 0 atom stereocenters. The van der Waals surface area contributed by atoms with E-state index in [1.165, 1.54) is 5.56 Å². The molecule has 0 aliphatic carbocycles. The molecule has 1 N–H and O–H groups in total. The predicted molar refractivity (Wildman–Crippen MR) is 126 cm³/mol. The van der Waals surface area contributed by atoms with E-state index in [1.54, 1.807) is 6.20 Å². The normalized spacial score (nSPS) is 11.3. The monoisotopic (exact) mass is 443 g/mol. The minimum Gasteiger partial charge on any atom is -0.349 e. The van der Waals surface area contributed by atoms with Gasteiger partial charge in [0.25, 0.3) is 0 Å². The molecule has 1 amide bonds. The average molecular weight is 444 g/mol. The number of hydrogen-bond acceptors (Lipinski definition) is 3. The molecule has 0 saturated carbocycles. The van der Waals surface area contributed by atoms with E-state index >= 15 is 0 Å². The maximum absolute atomic E-state index is 12.6. The Morgan fingerprint density at radius 2 is 1.72 bits per heavy atom. The number of imidazole rings is 1. The largest absolute Gasteiger partial charge is 0.349 e. The number of fused-ring (bicyclic) bond motifs is 2. The van der Waals surface area contributed by atoms with Crippen LogP contribution in [0.25, 0.3) is 21.9 Å². The van der Waals surface area contributed by atoms with Crippen molar-refractivity contribution in [2.75, 3.05) is 0 Å². The van der Waals surface area contributed by atoms with Crippen LogP contribution in [0.4, 0.5) is 0 Å². The van der Waals surface area contributed by atoms with Gasteiger partial charge >= 0.3 is 0 Å². The second-order valence-corrected chi connectivity index (χ2v) is 8.06. The van der Waals surface area contributed by atoms with Gasteiger partial charge in [-0.2, -0.15) is 5.10 Å². The topological polar surface area (TPSA) is 64.7 Å². The van der Waals surface area contributed by atoms with Crippen molar-refractivity contribution in [1.29, 1.82) is 0 Å². The second kappa shape index (κ2) is 8.85. The SMILES string of the molecule is O=C(CCn1ncc2c(Cl)cccc21)NCc1nc2ccccc2n1Cc1ccccc1. The lowest BCUT2D eigenvalue weighted by Gasteiger charge is -2.11. The molecule has 0 bridgehead atoms. The van der Waals surface area contributed by atoms with Crippen molar-refractivity contribution >= 4 is 39.4 Å². The molecule has 2 heterocycles. The first-order valence-corrected chi connectivity index (χ1v) is 10.9. The first kappa shape index (κ1) is 20.3. The van der Waals surface area contributed by atoms with Crippen molar-refractivity contribution in [3.8, 4) is 0 Å². The maximum atomic E-state index is 12.6. The lowest BCUT2D eigenvalue weighted by atomic mass is 10.2. The van der Waals surface area contributed by atoms with Crippen LogP contribution in [0.2, 0.25) is 5.02 Å². The molecule has 0 unspecified atom stereocenters. The van der Waals surface area contributed by atoms with Crippen LogP contribution >= 0.6 is 11.6 Å². The number of amides is 1. The van der Waals surface area contributed by atoms with Gasteiger partial charge in [-0.15, -0.1) is 0 Å². The van der Waals surface area contributed by atoms with E-state index in [2.05, 4.69) is 33.2 Å². The van der Waals surface area contributed by atoms with Crippen molar-refractivity contribution in [2.45, 2.75) is 26.1 Å². The Morgan fingerprint density at radius 1 is 0.938 bits per heavy atom. The Morgan fingerprint density at radius 3 is 2.59 bits per heavy atom. The van der Waals surface area contributed by atoms with Gasteiger partial charge < -0.3 is 9.88 Å². The summed E-state index contributed by atoms with van der Waals surface area (Å²) in [6.07, 6.45) is 2.06. The van der Waals surface area contributed by atoms with Gasteiger partial charge in [0.1, 0.15) is 5.82 Å². The maximum Gasteiger partial charge on any atom is 0.222 e. The zero-order valence-corrected chi connectivity index (χ0v) is 18.2. The first-order valence-electron chi connectivity index (χ1n) is 10.5. The lowest BCUT2D eigenvalue weighted by Crippen LogP contribution is -2.26. The van der Waals surface area contributed by atoms with E-state index in [0.29, 0.717) is 31.1 Å². The highest BCUT2D eigenvalue weighted by Crippen LogP contribution is 2.23. The summed E-state index contributed by atoms with van der Waals surface area (Å²) in [4.78, 5) is 17.3. The first-order chi connectivity index (χ1) is 15.7. The fraction of sp³-hybridized carbons (Fsp3) is 0.160. The summed E-state index contributed by atoms with van der Waals surface area (Å²) in [6, 6.07) is 24.0. The van der Waals surface area contributed by atoms with E-state index in [0.717, 1.165) is 27.8 Å². The summed E-state index contributed by atoms with van der Waals surface area (Å²) in [6.45, 7) is 1.55. The number of aryl methyl sites for hydroxylation is 1. The number of benzene rings is 3. The van der Waals surface area contributed by atoms with E-state index < -0.39 is 0 Å². The standard InChI is InChI=1S/C25H22ClN5O/c26-20-9-6-12-22-19(20)15-28-31(22)14-13-25(32)27-16-24-29-21-10-4-5-11-23(21)30(24)17-18-7-2-1-3-8-18/h1-12,15H,13-14,16-17H2,(H,27,32). The van der Waals surface area contributed by atoms with Crippen molar-refractivity contribution in [3.63, 3.8) is 0 Å². The summed E-state index contributed by atoms with van der Waals surface area (Å²) in [5.41, 5.74) is 4.09. The molecule has 32 heavy (non-hydrogen) atoms. The van der Waals surface area contributed by atoms with Gasteiger partial charge in [0.15, 0.2) is 0 Å². The molecule has 7 heteroatoms. The Hall–Kier alpha value is -3.64. The predicted octanol–water partition coefficient (Wildman–Crippen LogP) is 4.79. The Kier molecular flexibility index (Phi) is 5.60. The van der Waals surface area contributed by atoms with E-state index in [4.69, 9.17) is 16.6 Å². The molecule has 0 spiro atoms. The van der Waals surface area contributed by atoms with Crippen LogP contribution in [0.1, 0.15) is 17.8 Å². The highest BCUT2D eigenvalue weighted by atomic mass is 35.5. The third-order valence-corrected chi connectivity index (χ3v) is 5.88. The van der Waals surface area contributed by atoms with Crippen LogP contribution in [0.15, 0.2) is 79.0 Å². The smallest absolute Gasteiger partial charge is 0.222 e. The fourth-order valence-electron chi connectivity index (χ4n) is 3.92. The third-order valence-electron chi connectivity index (χ3n) is 5.55. The molecular formula is C25H22ClN5O. The molecule has 3 aromatic carbocycles. The zero-order valence-electron chi connectivity index (χ0n) is 17.4. The van der Waals surface area contributed by atoms with Crippen LogP contribution in [0.5, 0.6) is 0 Å². The number of nitrogens with zero attached hydrogens (tertiary/aromatic N) is 4. The summed E-state index contributed by atoms with van der Waals surface area (Å²) >= 11 is 6.22. The molecule has 160 valence electrons. The molecule has 0 aliphatic rings. The van der Waals surface area contributed by atoms with E-state index in [9.17, 15) is 4.79 Å². The highest BCUT2D eigenvalue weighted by Gasteiger charge is 2.13. The minimum absolute atomic E-state index is 0.0472. The Labute approximate surface area is 190 Å². The van der Waals surface area contributed by atoms with Crippen LogP contribution < -0.4 is 5.32 Å². The molecule has 0 saturated heterocycles. The summed E-state index contributed by atoms with van der Waals surface area (Å²) in [5.74, 6) is 0.786. The lowest BCUT2D eigenvalue weighted by molar-refractivity contribution is -0.121. The number of halogens is 1. The molecule has 0 fully saturated rings. The highest BCUT2D eigenvalue weighted by molar-refractivity contribution is 6.35. The second-order valence-electron chi connectivity index (χ2n) is 7.66. The number of nitrogens with one attached hydrogen (secondary N) is 1. The van der Waals surface area contributed by atoms with Gasteiger partial charge in [-0.05, 0) is 29.8 Å². The van der Waals surface area contributed by atoms with Gasteiger partial charge in [-0.3, -0.25) is 9.48 Å². The van der Waals surface area contributed by atoms with E-state index in [1.807, 2.05) is 59.3 Å². The average Bonchev–Trinajstić information content (AvgIpc) is 3.39. The van der Waals surface area contributed by atoms with E-state index in [-0.39, 0.29) is 5.91 Å². The number of aromatic nitrogens is 4. The molecular weight excluding hydrogens is 422 g/mol. The number of rotatable bonds is 7.